The molecule has 0 aromatic rings. The van der Waals surface area contributed by atoms with Gasteiger partial charge in [0.05, 0.1) is 6.04 Å². The van der Waals surface area contributed by atoms with E-state index < -0.39 is 0 Å². The first kappa shape index (κ1) is 16.5. The Bertz CT molecular complexity index is 257. The molecule has 0 spiro atoms. The highest BCUT2D eigenvalue weighted by Gasteiger charge is 2.19. The molecule has 1 rings (SSSR count). The van der Waals surface area contributed by atoms with Crippen LogP contribution in [-0.2, 0) is 4.79 Å². The summed E-state index contributed by atoms with van der Waals surface area (Å²) in [5.74, 6) is 2.45. The molecule has 1 aliphatic rings. The quantitative estimate of drug-likeness (QED) is 0.745. The van der Waals surface area contributed by atoms with Crippen molar-refractivity contribution in [2.45, 2.75) is 65.8 Å². The summed E-state index contributed by atoms with van der Waals surface area (Å²) in [6.07, 6.45) is 6.38. The van der Waals surface area contributed by atoms with Crippen molar-refractivity contribution in [3.63, 3.8) is 0 Å². The van der Waals surface area contributed by atoms with Gasteiger partial charge in [-0.25, -0.2) is 0 Å². The van der Waals surface area contributed by atoms with Crippen molar-refractivity contribution in [2.24, 2.45) is 17.8 Å². The van der Waals surface area contributed by atoms with Gasteiger partial charge in [0.25, 0.3) is 0 Å². The number of nitrogens with one attached hydrogen (secondary N) is 2. The molecule has 0 saturated heterocycles. The zero-order chi connectivity index (χ0) is 14.3. The van der Waals surface area contributed by atoms with Crippen molar-refractivity contribution in [2.75, 3.05) is 13.1 Å². The van der Waals surface area contributed by atoms with Gasteiger partial charge in [0.1, 0.15) is 0 Å². The molecule has 0 aromatic heterocycles. The maximum absolute atomic E-state index is 11.9. The highest BCUT2D eigenvalue weighted by Crippen LogP contribution is 2.27. The van der Waals surface area contributed by atoms with Gasteiger partial charge in [-0.2, -0.15) is 0 Å². The molecule has 1 amide bonds. The Kier molecular flexibility index (Phi) is 7.44. The SMILES string of the molecule is CC(C)CCNC(=O)C(C)NCC1CCC(C)CC1. The van der Waals surface area contributed by atoms with Crippen LogP contribution in [-0.4, -0.2) is 25.0 Å². The lowest BCUT2D eigenvalue weighted by atomic mass is 9.83. The Morgan fingerprint density at radius 3 is 2.37 bits per heavy atom. The third-order valence-corrected chi connectivity index (χ3v) is 4.26. The molecule has 2 N–H and O–H groups in total. The molecule has 0 heterocycles. The molecular formula is C16H32N2O. The van der Waals surface area contributed by atoms with Crippen LogP contribution in [0.2, 0.25) is 0 Å². The van der Waals surface area contributed by atoms with Crippen LogP contribution < -0.4 is 10.6 Å². The zero-order valence-electron chi connectivity index (χ0n) is 13.2. The van der Waals surface area contributed by atoms with E-state index in [1.165, 1.54) is 25.7 Å². The predicted molar refractivity (Wildman–Crippen MR) is 81.1 cm³/mol. The molecular weight excluding hydrogens is 236 g/mol. The van der Waals surface area contributed by atoms with E-state index in [2.05, 4.69) is 31.4 Å². The number of carbonyl (C=O) groups is 1. The average Bonchev–Trinajstić information content (AvgIpc) is 2.37. The van der Waals surface area contributed by atoms with Gasteiger partial charge in [0, 0.05) is 6.54 Å². The number of carbonyl (C=O) groups excluding carboxylic acids is 1. The first-order chi connectivity index (χ1) is 8.99. The normalized spacial score (nSPS) is 25.3. The lowest BCUT2D eigenvalue weighted by Crippen LogP contribution is -2.44. The van der Waals surface area contributed by atoms with Crippen molar-refractivity contribution in [3.8, 4) is 0 Å². The predicted octanol–water partition coefficient (Wildman–Crippen LogP) is 2.95. The maximum atomic E-state index is 11.9. The molecule has 3 nitrogen and oxygen atoms in total. The van der Waals surface area contributed by atoms with Gasteiger partial charge in [-0.3, -0.25) is 4.79 Å². The molecule has 1 saturated carbocycles. The van der Waals surface area contributed by atoms with Crippen molar-refractivity contribution < 1.29 is 4.79 Å². The van der Waals surface area contributed by atoms with Gasteiger partial charge in [0.2, 0.25) is 5.91 Å². The van der Waals surface area contributed by atoms with E-state index in [1.54, 1.807) is 0 Å². The van der Waals surface area contributed by atoms with Crippen LogP contribution in [0.25, 0.3) is 0 Å². The molecule has 0 aromatic carbocycles. The molecule has 1 atom stereocenters. The second-order valence-electron chi connectivity index (χ2n) is 6.73. The van der Waals surface area contributed by atoms with Gasteiger partial charge in [0.15, 0.2) is 0 Å². The molecule has 1 fully saturated rings. The number of amides is 1. The first-order valence-electron chi connectivity index (χ1n) is 8.00. The van der Waals surface area contributed by atoms with Crippen LogP contribution in [0.4, 0.5) is 0 Å². The smallest absolute Gasteiger partial charge is 0.236 e. The van der Waals surface area contributed by atoms with E-state index in [9.17, 15) is 4.79 Å². The summed E-state index contributed by atoms with van der Waals surface area (Å²) in [7, 11) is 0. The summed E-state index contributed by atoms with van der Waals surface area (Å²) >= 11 is 0. The van der Waals surface area contributed by atoms with Crippen LogP contribution in [0.3, 0.4) is 0 Å². The topological polar surface area (TPSA) is 41.1 Å². The number of hydrogen-bond acceptors (Lipinski definition) is 2. The fourth-order valence-corrected chi connectivity index (χ4v) is 2.61. The zero-order valence-corrected chi connectivity index (χ0v) is 13.2. The second kappa shape index (κ2) is 8.57. The van der Waals surface area contributed by atoms with Crippen LogP contribution in [0.1, 0.15) is 59.8 Å². The van der Waals surface area contributed by atoms with Crippen molar-refractivity contribution in [1.29, 1.82) is 0 Å². The summed E-state index contributed by atoms with van der Waals surface area (Å²) < 4.78 is 0. The van der Waals surface area contributed by atoms with E-state index in [0.717, 1.165) is 31.3 Å². The van der Waals surface area contributed by atoms with E-state index in [-0.39, 0.29) is 11.9 Å². The fraction of sp³-hybridized carbons (Fsp3) is 0.938. The summed E-state index contributed by atoms with van der Waals surface area (Å²) in [6, 6.07) is -0.0634. The molecule has 1 unspecified atom stereocenters. The molecule has 0 bridgehead atoms. The summed E-state index contributed by atoms with van der Waals surface area (Å²) in [5, 5.41) is 6.40. The molecule has 0 radical (unpaired) electrons. The average molecular weight is 268 g/mol. The minimum absolute atomic E-state index is 0.0634. The van der Waals surface area contributed by atoms with Crippen molar-refractivity contribution >= 4 is 5.91 Å². The molecule has 0 aliphatic heterocycles. The van der Waals surface area contributed by atoms with E-state index in [1.807, 2.05) is 6.92 Å². The second-order valence-corrected chi connectivity index (χ2v) is 6.73. The number of rotatable bonds is 7. The molecule has 1 aliphatic carbocycles. The van der Waals surface area contributed by atoms with E-state index in [4.69, 9.17) is 0 Å². The van der Waals surface area contributed by atoms with E-state index >= 15 is 0 Å². The summed E-state index contributed by atoms with van der Waals surface area (Å²) in [5.41, 5.74) is 0. The number of hydrogen-bond donors (Lipinski definition) is 2. The maximum Gasteiger partial charge on any atom is 0.236 e. The van der Waals surface area contributed by atoms with Crippen molar-refractivity contribution in [1.82, 2.24) is 10.6 Å². The molecule has 112 valence electrons. The monoisotopic (exact) mass is 268 g/mol. The van der Waals surface area contributed by atoms with Crippen LogP contribution in [0, 0.1) is 17.8 Å². The van der Waals surface area contributed by atoms with Gasteiger partial charge in [-0.1, -0.05) is 33.6 Å². The highest BCUT2D eigenvalue weighted by atomic mass is 16.2. The van der Waals surface area contributed by atoms with Crippen LogP contribution >= 0.6 is 0 Å². The molecule has 3 heteroatoms. The van der Waals surface area contributed by atoms with Gasteiger partial charge < -0.3 is 10.6 Å². The largest absolute Gasteiger partial charge is 0.355 e. The van der Waals surface area contributed by atoms with Gasteiger partial charge in [-0.15, -0.1) is 0 Å². The Morgan fingerprint density at radius 1 is 1.16 bits per heavy atom. The third-order valence-electron chi connectivity index (χ3n) is 4.26. The minimum Gasteiger partial charge on any atom is -0.355 e. The van der Waals surface area contributed by atoms with Crippen LogP contribution in [0.5, 0.6) is 0 Å². The fourth-order valence-electron chi connectivity index (χ4n) is 2.61. The molecule has 19 heavy (non-hydrogen) atoms. The third kappa shape index (κ3) is 6.95. The minimum atomic E-state index is -0.0634. The summed E-state index contributed by atoms with van der Waals surface area (Å²) in [4.78, 5) is 11.9. The van der Waals surface area contributed by atoms with Crippen molar-refractivity contribution in [3.05, 3.63) is 0 Å². The summed E-state index contributed by atoms with van der Waals surface area (Å²) in [6.45, 7) is 10.5. The van der Waals surface area contributed by atoms with Crippen LogP contribution in [0.15, 0.2) is 0 Å². The standard InChI is InChI=1S/C16H32N2O/c1-12(2)9-10-17-16(19)14(4)18-11-15-7-5-13(3)6-8-15/h12-15,18H,5-11H2,1-4H3,(H,17,19). The Morgan fingerprint density at radius 2 is 1.79 bits per heavy atom. The van der Waals surface area contributed by atoms with E-state index in [0.29, 0.717) is 5.92 Å². The lowest BCUT2D eigenvalue weighted by Gasteiger charge is -2.27. The van der Waals surface area contributed by atoms with Gasteiger partial charge >= 0.3 is 0 Å². The Balaban J connectivity index is 2.12. The Labute approximate surface area is 118 Å². The highest BCUT2D eigenvalue weighted by molar-refractivity contribution is 5.81. The Hall–Kier alpha value is -0.570. The lowest BCUT2D eigenvalue weighted by molar-refractivity contribution is -0.122. The van der Waals surface area contributed by atoms with Gasteiger partial charge in [-0.05, 0) is 50.5 Å². The first-order valence-corrected chi connectivity index (χ1v) is 8.00.